The van der Waals surface area contributed by atoms with E-state index in [4.69, 9.17) is 9.46 Å². The summed E-state index contributed by atoms with van der Waals surface area (Å²) < 4.78 is 8.46. The Kier molecular flexibility index (Phi) is 79.3. The monoisotopic (exact) mass is 633 g/mol. The average molecular weight is 633 g/mol. The van der Waals surface area contributed by atoms with Gasteiger partial charge in [0.1, 0.15) is 0 Å². The lowest BCUT2D eigenvalue weighted by Crippen LogP contribution is -1.77. The van der Waals surface area contributed by atoms with Crippen LogP contribution in [0, 0.1) is 0 Å². The van der Waals surface area contributed by atoms with Crippen LogP contribution < -0.4 is 0 Å². The highest BCUT2D eigenvalue weighted by Gasteiger charge is 1.90. The lowest BCUT2D eigenvalue weighted by molar-refractivity contribution is 0.524. The van der Waals surface area contributed by atoms with Crippen molar-refractivity contribution in [3.63, 3.8) is 0 Å². The molecular weight excluding hydrogens is 543 g/mol. The van der Waals surface area contributed by atoms with E-state index >= 15 is 0 Å². The van der Waals surface area contributed by atoms with Crippen LogP contribution in [0.15, 0.2) is 0 Å². The summed E-state index contributed by atoms with van der Waals surface area (Å²) in [6.45, 7) is 18.2. The molecule has 0 heterocycles. The van der Waals surface area contributed by atoms with Gasteiger partial charge in [0.25, 0.3) is 0 Å². The van der Waals surface area contributed by atoms with Gasteiger partial charge in [-0.05, 0) is 0 Å². The van der Waals surface area contributed by atoms with Crippen molar-refractivity contribution in [2.75, 3.05) is 0 Å². The zero-order chi connectivity index (χ0) is 33.3. The Hall–Kier alpha value is 0.0600. The van der Waals surface area contributed by atoms with Crippen molar-refractivity contribution in [2.45, 2.75) is 261 Å². The molecule has 3 heteroatoms. The molecule has 0 fully saturated rings. The molecule has 0 rings (SSSR count). The maximum absolute atomic E-state index is 8.46. The van der Waals surface area contributed by atoms with E-state index in [0.29, 0.717) is 0 Å². The Balaban J connectivity index is -0.000000145. The Labute approximate surface area is 278 Å². The van der Waals surface area contributed by atoms with Crippen molar-refractivity contribution in [2.24, 2.45) is 0 Å². The third-order valence-electron chi connectivity index (χ3n) is 7.83. The smallest absolute Gasteiger partial charge is 0.310 e. The molecule has 266 valence electrons. The van der Waals surface area contributed by atoms with E-state index in [2.05, 4.69) is 55.4 Å². The van der Waals surface area contributed by atoms with Crippen LogP contribution in [0.4, 0.5) is 0 Å². The first-order chi connectivity index (χ1) is 21.1. The maximum atomic E-state index is 8.46. The van der Waals surface area contributed by atoms with Gasteiger partial charge < -0.3 is 4.89 Å². The van der Waals surface area contributed by atoms with Gasteiger partial charge in [0.05, 0.1) is 0 Å². The second-order valence-electron chi connectivity index (χ2n) is 12.6. The Morgan fingerprint density at radius 3 is 0.395 bits per heavy atom. The van der Waals surface area contributed by atoms with Crippen molar-refractivity contribution in [1.29, 1.82) is 0 Å². The molecule has 2 nitrogen and oxygen atoms in total. The quantitative estimate of drug-likeness (QED) is 0.0688. The van der Waals surface area contributed by atoms with Gasteiger partial charge in [-0.3, -0.25) is 0 Å². The van der Waals surface area contributed by atoms with E-state index in [1.54, 1.807) is 0 Å². The molecule has 0 amide bonds. The predicted molar refractivity (Wildman–Crippen MR) is 203 cm³/mol. The van der Waals surface area contributed by atoms with Crippen molar-refractivity contribution in [1.82, 2.24) is 0 Å². The largest absolute Gasteiger partial charge is 0.324 e. The highest BCUT2D eigenvalue weighted by atomic mass is 31.1. The molecular formula is C40H89O2P. The zero-order valence-corrected chi connectivity index (χ0v) is 32.8. The predicted octanol–water partition coefficient (Wildman–Crippen LogP) is 16.8. The van der Waals surface area contributed by atoms with Gasteiger partial charge in [-0.1, -0.05) is 261 Å². The Morgan fingerprint density at radius 1 is 0.256 bits per heavy atom. The standard InChI is InChI=1S/4C10H22.HO2P/c4*1-3-5-7-9-10-8-6-4-2;1-3-2/h4*3-10H2,1-2H3;(H,1,2). The maximum Gasteiger partial charge on any atom is 0.324 e. The summed E-state index contributed by atoms with van der Waals surface area (Å²) in [5, 5.41) is 0. The average Bonchev–Trinajstić information content (AvgIpc) is 3.02. The van der Waals surface area contributed by atoms with Gasteiger partial charge in [0, 0.05) is 0 Å². The van der Waals surface area contributed by atoms with Crippen LogP contribution in [0.5, 0.6) is 0 Å². The van der Waals surface area contributed by atoms with Crippen LogP contribution in [0.25, 0.3) is 0 Å². The molecule has 0 spiro atoms. The highest BCUT2D eigenvalue weighted by molar-refractivity contribution is 7.16. The van der Waals surface area contributed by atoms with Crippen LogP contribution in [0.3, 0.4) is 0 Å². The normalized spacial score (nSPS) is 9.98. The minimum absolute atomic E-state index is 0.833. The highest BCUT2D eigenvalue weighted by Crippen LogP contribution is 2.10. The SMILES string of the molecule is CCCCCCCCCC.CCCCCCCCCC.CCCCCCCCCC.CCCCCCCCCC.O=PO. The third-order valence-corrected chi connectivity index (χ3v) is 7.83. The molecule has 1 N–H and O–H groups in total. The molecule has 0 saturated heterocycles. The van der Waals surface area contributed by atoms with Gasteiger partial charge in [0.2, 0.25) is 0 Å². The fraction of sp³-hybridized carbons (Fsp3) is 1.00. The summed E-state index contributed by atoms with van der Waals surface area (Å²) in [5.74, 6) is 0. The molecule has 0 aromatic rings. The lowest BCUT2D eigenvalue weighted by atomic mass is 10.1. The zero-order valence-electron chi connectivity index (χ0n) is 31.9. The van der Waals surface area contributed by atoms with E-state index in [0.717, 1.165) is 0 Å². The van der Waals surface area contributed by atoms with E-state index in [1.165, 1.54) is 205 Å². The first-order valence-electron chi connectivity index (χ1n) is 20.0. The summed E-state index contributed by atoms with van der Waals surface area (Å²) in [7, 11) is -0.833. The summed E-state index contributed by atoms with van der Waals surface area (Å²) >= 11 is 0. The van der Waals surface area contributed by atoms with Gasteiger partial charge in [-0.15, -0.1) is 0 Å². The molecule has 0 aromatic heterocycles. The fourth-order valence-electron chi connectivity index (χ4n) is 4.83. The van der Waals surface area contributed by atoms with E-state index in [-0.39, 0.29) is 0 Å². The number of hydrogen-bond acceptors (Lipinski definition) is 1. The third kappa shape index (κ3) is 85.7. The minimum atomic E-state index is -0.833. The first-order valence-corrected chi connectivity index (χ1v) is 20.8. The minimum Gasteiger partial charge on any atom is -0.310 e. The number of unbranched alkanes of at least 4 members (excludes halogenated alkanes) is 28. The molecule has 0 bridgehead atoms. The van der Waals surface area contributed by atoms with Crippen LogP contribution >= 0.6 is 8.69 Å². The lowest BCUT2D eigenvalue weighted by Gasteiger charge is -1.97. The molecule has 43 heavy (non-hydrogen) atoms. The molecule has 0 aliphatic carbocycles. The van der Waals surface area contributed by atoms with Crippen molar-refractivity contribution in [3.8, 4) is 0 Å². The Bertz CT molecular complexity index is 280. The van der Waals surface area contributed by atoms with Crippen molar-refractivity contribution in [3.05, 3.63) is 0 Å². The molecule has 0 atom stereocenters. The second-order valence-corrected chi connectivity index (χ2v) is 12.7. The van der Waals surface area contributed by atoms with Gasteiger partial charge in [-0.2, -0.15) is 0 Å². The van der Waals surface area contributed by atoms with E-state index in [1.807, 2.05) is 0 Å². The molecule has 0 saturated carbocycles. The fourth-order valence-corrected chi connectivity index (χ4v) is 4.83. The van der Waals surface area contributed by atoms with Crippen LogP contribution in [-0.2, 0) is 4.57 Å². The summed E-state index contributed by atoms with van der Waals surface area (Å²) in [6.07, 6.45) is 45.8. The summed E-state index contributed by atoms with van der Waals surface area (Å²) in [6, 6.07) is 0. The molecule has 0 unspecified atom stereocenters. The molecule has 0 aliphatic rings. The van der Waals surface area contributed by atoms with Crippen LogP contribution in [-0.4, -0.2) is 4.89 Å². The number of hydrogen-bond donors (Lipinski definition) is 1. The van der Waals surface area contributed by atoms with Gasteiger partial charge in [0.15, 0.2) is 0 Å². The topological polar surface area (TPSA) is 37.3 Å². The molecule has 0 radical (unpaired) electrons. The Morgan fingerprint density at radius 2 is 0.326 bits per heavy atom. The summed E-state index contributed by atoms with van der Waals surface area (Å²) in [5.41, 5.74) is 0. The van der Waals surface area contributed by atoms with Crippen molar-refractivity contribution >= 4 is 8.69 Å². The van der Waals surface area contributed by atoms with E-state index in [9.17, 15) is 0 Å². The van der Waals surface area contributed by atoms with Crippen LogP contribution in [0.1, 0.15) is 261 Å². The number of rotatable bonds is 28. The molecule has 0 aliphatic heterocycles. The van der Waals surface area contributed by atoms with E-state index < -0.39 is 8.69 Å². The van der Waals surface area contributed by atoms with Gasteiger partial charge in [-0.25, -0.2) is 4.57 Å². The second kappa shape index (κ2) is 64.9. The van der Waals surface area contributed by atoms with Gasteiger partial charge >= 0.3 is 8.69 Å². The van der Waals surface area contributed by atoms with Crippen LogP contribution in [0.2, 0.25) is 0 Å². The molecule has 0 aromatic carbocycles. The van der Waals surface area contributed by atoms with Crippen molar-refractivity contribution < 1.29 is 9.46 Å². The summed E-state index contributed by atoms with van der Waals surface area (Å²) in [4.78, 5) is 6.99. The first kappa shape index (κ1) is 52.6.